The van der Waals surface area contributed by atoms with Crippen LogP contribution < -0.4 is 0 Å². The van der Waals surface area contributed by atoms with Gasteiger partial charge in [-0.15, -0.1) is 11.3 Å². The van der Waals surface area contributed by atoms with E-state index < -0.39 is 0 Å². The number of carbonyl (C=O) groups excluding carboxylic acids is 1. The molecule has 1 aliphatic rings. The first-order valence-electron chi connectivity index (χ1n) is 8.52. The first kappa shape index (κ1) is 17.1. The third-order valence-electron chi connectivity index (χ3n) is 4.61. The van der Waals surface area contributed by atoms with E-state index in [2.05, 4.69) is 36.2 Å². The Morgan fingerprint density at radius 1 is 1.46 bits per heavy atom. The quantitative estimate of drug-likeness (QED) is 0.817. The predicted octanol–water partition coefficient (Wildman–Crippen LogP) is 4.18. The van der Waals surface area contributed by atoms with Gasteiger partial charge in [-0.2, -0.15) is 0 Å². The number of thiazole rings is 1. The van der Waals surface area contributed by atoms with Gasteiger partial charge >= 0.3 is 0 Å². The molecule has 5 heteroatoms. The Bertz CT molecular complexity index is 713. The van der Waals surface area contributed by atoms with Crippen molar-refractivity contribution >= 4 is 17.2 Å². The zero-order chi connectivity index (χ0) is 17.1. The van der Waals surface area contributed by atoms with Crippen molar-refractivity contribution in [2.24, 2.45) is 0 Å². The highest BCUT2D eigenvalue weighted by Gasteiger charge is 2.30. The second kappa shape index (κ2) is 7.45. The smallest absolute Gasteiger partial charge is 0.273 e. The number of ether oxygens (including phenoxy) is 1. The minimum absolute atomic E-state index is 0.0392. The summed E-state index contributed by atoms with van der Waals surface area (Å²) in [5.41, 5.74) is 3.21. The highest BCUT2D eigenvalue weighted by molar-refractivity contribution is 7.09. The minimum atomic E-state index is -0.0557. The fraction of sp³-hybridized carbons (Fsp3) is 0.474. The Morgan fingerprint density at radius 2 is 2.25 bits per heavy atom. The average Bonchev–Trinajstić information content (AvgIpc) is 3.25. The topological polar surface area (TPSA) is 42.4 Å². The van der Waals surface area contributed by atoms with Crippen molar-refractivity contribution in [3.63, 3.8) is 0 Å². The molecule has 2 atom stereocenters. The molecule has 0 spiro atoms. The highest BCUT2D eigenvalue weighted by atomic mass is 32.1. The molecule has 1 aliphatic heterocycles. The summed E-state index contributed by atoms with van der Waals surface area (Å²) in [6, 6.07) is 8.46. The standard InChI is InChI=1S/C19H24N2O2S/c1-4-23-14(3)18-20-17(12-24-18)19(22)21-10-9-15(11-21)16-8-6-5-7-13(16)2/h5-8,12,14-15H,4,9-11H2,1-3H3/t14-,15-/m0/s1. The summed E-state index contributed by atoms with van der Waals surface area (Å²) >= 11 is 1.50. The van der Waals surface area contributed by atoms with Crippen molar-refractivity contribution in [2.75, 3.05) is 19.7 Å². The van der Waals surface area contributed by atoms with Crippen LogP contribution in [0.4, 0.5) is 0 Å². The molecule has 128 valence electrons. The van der Waals surface area contributed by atoms with E-state index in [0.717, 1.165) is 24.5 Å². The number of carbonyl (C=O) groups is 1. The number of rotatable bonds is 5. The highest BCUT2D eigenvalue weighted by Crippen LogP contribution is 2.30. The van der Waals surface area contributed by atoms with Crippen LogP contribution in [0.3, 0.4) is 0 Å². The number of aryl methyl sites for hydroxylation is 1. The van der Waals surface area contributed by atoms with E-state index in [9.17, 15) is 4.79 Å². The second-order valence-corrected chi connectivity index (χ2v) is 7.15. The molecule has 1 aromatic heterocycles. The lowest BCUT2D eigenvalue weighted by Crippen LogP contribution is -2.28. The number of hydrogen-bond acceptors (Lipinski definition) is 4. The van der Waals surface area contributed by atoms with Gasteiger partial charge in [-0.3, -0.25) is 4.79 Å². The summed E-state index contributed by atoms with van der Waals surface area (Å²) in [4.78, 5) is 19.2. The average molecular weight is 344 g/mol. The molecule has 2 aromatic rings. The van der Waals surface area contributed by atoms with Crippen LogP contribution in [-0.4, -0.2) is 35.5 Å². The number of amides is 1. The molecule has 1 fully saturated rings. The Kier molecular flexibility index (Phi) is 5.31. The molecule has 0 radical (unpaired) electrons. The van der Waals surface area contributed by atoms with Gasteiger partial charge < -0.3 is 9.64 Å². The summed E-state index contributed by atoms with van der Waals surface area (Å²) < 4.78 is 5.56. The normalized spacial score (nSPS) is 18.8. The van der Waals surface area contributed by atoms with Crippen LogP contribution >= 0.6 is 11.3 Å². The lowest BCUT2D eigenvalue weighted by Gasteiger charge is -2.16. The molecule has 4 nitrogen and oxygen atoms in total. The molecule has 0 bridgehead atoms. The van der Waals surface area contributed by atoms with E-state index in [-0.39, 0.29) is 12.0 Å². The fourth-order valence-corrected chi connectivity index (χ4v) is 4.10. The third-order valence-corrected chi connectivity index (χ3v) is 5.62. The summed E-state index contributed by atoms with van der Waals surface area (Å²) in [6.45, 7) is 8.30. The van der Waals surface area contributed by atoms with Crippen LogP contribution in [-0.2, 0) is 4.74 Å². The lowest BCUT2D eigenvalue weighted by molar-refractivity contribution is 0.0746. The van der Waals surface area contributed by atoms with E-state index in [0.29, 0.717) is 18.2 Å². The van der Waals surface area contributed by atoms with Crippen molar-refractivity contribution in [1.82, 2.24) is 9.88 Å². The van der Waals surface area contributed by atoms with Crippen molar-refractivity contribution in [2.45, 2.75) is 39.2 Å². The third kappa shape index (κ3) is 3.52. The van der Waals surface area contributed by atoms with Crippen molar-refractivity contribution in [1.29, 1.82) is 0 Å². The van der Waals surface area contributed by atoms with Gasteiger partial charge in [0.05, 0.1) is 0 Å². The molecule has 1 amide bonds. The molecular formula is C19H24N2O2S. The molecule has 0 N–H and O–H groups in total. The van der Waals surface area contributed by atoms with Gasteiger partial charge in [-0.05, 0) is 38.3 Å². The molecule has 1 saturated heterocycles. The maximum Gasteiger partial charge on any atom is 0.273 e. The molecule has 2 heterocycles. The predicted molar refractivity (Wildman–Crippen MR) is 96.6 cm³/mol. The van der Waals surface area contributed by atoms with Gasteiger partial charge in [0.2, 0.25) is 0 Å². The van der Waals surface area contributed by atoms with Crippen LogP contribution in [0.15, 0.2) is 29.6 Å². The maximum absolute atomic E-state index is 12.7. The van der Waals surface area contributed by atoms with E-state index in [4.69, 9.17) is 4.74 Å². The Hall–Kier alpha value is -1.72. The number of hydrogen-bond donors (Lipinski definition) is 0. The molecule has 1 aromatic carbocycles. The van der Waals surface area contributed by atoms with E-state index in [1.54, 1.807) is 0 Å². The van der Waals surface area contributed by atoms with E-state index in [1.165, 1.54) is 22.5 Å². The van der Waals surface area contributed by atoms with Crippen molar-refractivity contribution in [3.05, 3.63) is 51.5 Å². The molecule has 0 aliphatic carbocycles. The van der Waals surface area contributed by atoms with E-state index in [1.807, 2.05) is 24.1 Å². The van der Waals surface area contributed by atoms with Crippen molar-refractivity contribution in [3.8, 4) is 0 Å². The van der Waals surface area contributed by atoms with Gasteiger partial charge in [0, 0.05) is 31.0 Å². The van der Waals surface area contributed by atoms with Crippen molar-refractivity contribution < 1.29 is 9.53 Å². The van der Waals surface area contributed by atoms with Gasteiger partial charge in [0.1, 0.15) is 16.8 Å². The molecule has 0 unspecified atom stereocenters. The zero-order valence-corrected chi connectivity index (χ0v) is 15.3. The monoisotopic (exact) mass is 344 g/mol. The molecular weight excluding hydrogens is 320 g/mol. The summed E-state index contributed by atoms with van der Waals surface area (Å²) in [5, 5.41) is 2.73. The minimum Gasteiger partial charge on any atom is -0.372 e. The SMILES string of the molecule is CCO[C@@H](C)c1nc(C(=O)N2CC[C@H](c3ccccc3C)C2)cs1. The molecule has 3 rings (SSSR count). The first-order valence-corrected chi connectivity index (χ1v) is 9.40. The summed E-state index contributed by atoms with van der Waals surface area (Å²) in [7, 11) is 0. The van der Waals surface area contributed by atoms with Crippen LogP contribution in [0.5, 0.6) is 0 Å². The molecule has 0 saturated carbocycles. The summed E-state index contributed by atoms with van der Waals surface area (Å²) in [6.07, 6.45) is 0.961. The number of aromatic nitrogens is 1. The molecule has 24 heavy (non-hydrogen) atoms. The van der Waals surface area contributed by atoms with Crippen LogP contribution in [0.2, 0.25) is 0 Å². The maximum atomic E-state index is 12.7. The van der Waals surface area contributed by atoms with Crippen LogP contribution in [0.1, 0.15) is 58.9 Å². The summed E-state index contributed by atoms with van der Waals surface area (Å²) in [5.74, 6) is 0.466. The Labute approximate surface area is 147 Å². The van der Waals surface area contributed by atoms with E-state index >= 15 is 0 Å². The zero-order valence-electron chi connectivity index (χ0n) is 14.5. The van der Waals surface area contributed by atoms with Gasteiger partial charge in [0.15, 0.2) is 0 Å². The van der Waals surface area contributed by atoms with Crippen LogP contribution in [0, 0.1) is 6.92 Å². The Balaban J connectivity index is 1.68. The Morgan fingerprint density at radius 3 is 3.00 bits per heavy atom. The number of likely N-dealkylation sites (tertiary alicyclic amines) is 1. The number of benzene rings is 1. The fourth-order valence-electron chi connectivity index (χ4n) is 3.30. The first-order chi connectivity index (χ1) is 11.6. The van der Waals surface area contributed by atoms with Gasteiger partial charge in [-0.25, -0.2) is 4.98 Å². The largest absolute Gasteiger partial charge is 0.372 e. The second-order valence-electron chi connectivity index (χ2n) is 6.26. The lowest BCUT2D eigenvalue weighted by atomic mass is 9.94. The number of nitrogens with zero attached hydrogens (tertiary/aromatic N) is 2. The van der Waals surface area contributed by atoms with Gasteiger partial charge in [0.25, 0.3) is 5.91 Å². The van der Waals surface area contributed by atoms with Gasteiger partial charge in [-0.1, -0.05) is 24.3 Å². The van der Waals surface area contributed by atoms with Crippen LogP contribution in [0.25, 0.3) is 0 Å².